The van der Waals surface area contributed by atoms with Crippen LogP contribution in [0.4, 0.5) is 5.69 Å². The van der Waals surface area contributed by atoms with Crippen molar-refractivity contribution in [1.29, 1.82) is 0 Å². The van der Waals surface area contributed by atoms with Gasteiger partial charge in [0.15, 0.2) is 0 Å². The molecule has 0 radical (unpaired) electrons. The van der Waals surface area contributed by atoms with Crippen LogP contribution in [0.2, 0.25) is 0 Å². The summed E-state index contributed by atoms with van der Waals surface area (Å²) in [5, 5.41) is 3.08. The van der Waals surface area contributed by atoms with Crippen LogP contribution >= 0.6 is 0 Å². The van der Waals surface area contributed by atoms with Gasteiger partial charge < -0.3 is 16.0 Å². The smallest absolute Gasteiger partial charge is 0.239 e. The lowest BCUT2D eigenvalue weighted by molar-refractivity contribution is -0.121. The van der Waals surface area contributed by atoms with E-state index >= 15 is 0 Å². The van der Waals surface area contributed by atoms with E-state index in [9.17, 15) is 4.79 Å². The molecule has 0 saturated heterocycles. The Bertz CT molecular complexity index is 440. The highest BCUT2D eigenvalue weighted by Gasteiger charge is 2.19. The predicted octanol–water partition coefficient (Wildman–Crippen LogP) is 2.46. The quantitative estimate of drug-likeness (QED) is 0.773. The molecule has 0 heterocycles. The van der Waals surface area contributed by atoms with Gasteiger partial charge in [-0.3, -0.25) is 4.79 Å². The van der Waals surface area contributed by atoms with Crippen molar-refractivity contribution in [3.05, 3.63) is 29.8 Å². The Morgan fingerprint density at radius 1 is 1.29 bits per heavy atom. The summed E-state index contributed by atoms with van der Waals surface area (Å²) < 4.78 is 0. The molecule has 1 aromatic rings. The monoisotopic (exact) mass is 291 g/mol. The van der Waals surface area contributed by atoms with Crippen molar-refractivity contribution in [2.24, 2.45) is 5.73 Å². The van der Waals surface area contributed by atoms with E-state index in [1.165, 1.54) is 5.56 Å². The van der Waals surface area contributed by atoms with Gasteiger partial charge in [0.05, 0.1) is 6.54 Å². The van der Waals surface area contributed by atoms with Gasteiger partial charge in [0.25, 0.3) is 0 Å². The molecule has 1 rings (SSSR count). The number of rotatable bonds is 8. The summed E-state index contributed by atoms with van der Waals surface area (Å²) in [5.74, 6) is 0.0550. The Balaban J connectivity index is 2.74. The van der Waals surface area contributed by atoms with Crippen LogP contribution < -0.4 is 16.0 Å². The summed E-state index contributed by atoms with van der Waals surface area (Å²) in [6, 6.07) is 8.26. The van der Waals surface area contributed by atoms with Crippen molar-refractivity contribution in [3.8, 4) is 0 Å². The SMILES string of the molecule is CCC(C)(C)NC(=O)CN(CCCN)c1ccc(C)cc1. The number of aryl methyl sites for hydroxylation is 1. The molecule has 0 aliphatic carbocycles. The maximum Gasteiger partial charge on any atom is 0.239 e. The van der Waals surface area contributed by atoms with Crippen molar-refractivity contribution in [2.45, 2.75) is 46.1 Å². The Morgan fingerprint density at radius 2 is 1.90 bits per heavy atom. The van der Waals surface area contributed by atoms with Crippen molar-refractivity contribution in [3.63, 3.8) is 0 Å². The lowest BCUT2D eigenvalue weighted by Crippen LogP contribution is -2.47. The van der Waals surface area contributed by atoms with Crippen LogP contribution in [0.25, 0.3) is 0 Å². The molecular weight excluding hydrogens is 262 g/mol. The molecule has 1 amide bonds. The van der Waals surface area contributed by atoms with Crippen LogP contribution in [-0.4, -0.2) is 31.1 Å². The molecule has 4 heteroatoms. The first-order valence-corrected chi connectivity index (χ1v) is 7.70. The topological polar surface area (TPSA) is 58.4 Å². The normalized spacial score (nSPS) is 11.3. The van der Waals surface area contributed by atoms with Gasteiger partial charge in [-0.05, 0) is 52.3 Å². The highest BCUT2D eigenvalue weighted by Crippen LogP contribution is 2.15. The highest BCUT2D eigenvalue weighted by atomic mass is 16.2. The first-order valence-electron chi connectivity index (χ1n) is 7.70. The second-order valence-electron chi connectivity index (χ2n) is 6.18. The third-order valence-electron chi connectivity index (χ3n) is 3.73. The van der Waals surface area contributed by atoms with E-state index in [0.717, 1.165) is 25.1 Å². The van der Waals surface area contributed by atoms with E-state index < -0.39 is 0 Å². The molecule has 0 aromatic heterocycles. The zero-order valence-corrected chi connectivity index (χ0v) is 13.8. The second-order valence-corrected chi connectivity index (χ2v) is 6.18. The summed E-state index contributed by atoms with van der Waals surface area (Å²) in [6.07, 6.45) is 1.78. The van der Waals surface area contributed by atoms with E-state index in [4.69, 9.17) is 5.73 Å². The molecule has 0 aliphatic rings. The third kappa shape index (κ3) is 6.17. The van der Waals surface area contributed by atoms with E-state index in [-0.39, 0.29) is 11.4 Å². The number of nitrogens with one attached hydrogen (secondary N) is 1. The second kappa shape index (κ2) is 8.03. The number of hydrogen-bond acceptors (Lipinski definition) is 3. The molecule has 0 aliphatic heterocycles. The Morgan fingerprint density at radius 3 is 2.43 bits per heavy atom. The van der Waals surface area contributed by atoms with Gasteiger partial charge in [-0.2, -0.15) is 0 Å². The van der Waals surface area contributed by atoms with Gasteiger partial charge in [-0.15, -0.1) is 0 Å². The number of carbonyl (C=O) groups excluding carboxylic acids is 1. The molecule has 0 unspecified atom stereocenters. The molecule has 21 heavy (non-hydrogen) atoms. The number of carbonyl (C=O) groups is 1. The molecule has 0 saturated carbocycles. The molecule has 0 spiro atoms. The van der Waals surface area contributed by atoms with Crippen LogP contribution in [0, 0.1) is 6.92 Å². The van der Waals surface area contributed by atoms with Crippen LogP contribution in [0.3, 0.4) is 0 Å². The van der Waals surface area contributed by atoms with Gasteiger partial charge in [0, 0.05) is 17.8 Å². The summed E-state index contributed by atoms with van der Waals surface area (Å²) in [7, 11) is 0. The molecule has 0 bridgehead atoms. The van der Waals surface area contributed by atoms with Crippen molar-refractivity contribution in [1.82, 2.24) is 5.32 Å². The van der Waals surface area contributed by atoms with E-state index in [1.807, 2.05) is 13.8 Å². The van der Waals surface area contributed by atoms with Crippen molar-refractivity contribution in [2.75, 3.05) is 24.5 Å². The molecule has 3 N–H and O–H groups in total. The maximum atomic E-state index is 12.2. The molecule has 4 nitrogen and oxygen atoms in total. The van der Waals surface area contributed by atoms with Gasteiger partial charge in [0.1, 0.15) is 0 Å². The Hall–Kier alpha value is -1.55. The minimum absolute atomic E-state index is 0.0550. The fourth-order valence-electron chi connectivity index (χ4n) is 2.02. The first kappa shape index (κ1) is 17.5. The maximum absolute atomic E-state index is 12.2. The summed E-state index contributed by atoms with van der Waals surface area (Å²) in [4.78, 5) is 14.3. The van der Waals surface area contributed by atoms with Crippen LogP contribution in [0.1, 0.15) is 39.2 Å². The highest BCUT2D eigenvalue weighted by molar-refractivity contribution is 5.82. The molecular formula is C17H29N3O. The standard InChI is InChI=1S/C17H29N3O/c1-5-17(3,4)19-16(21)13-20(12-6-11-18)15-9-7-14(2)8-10-15/h7-10H,5-6,11-13,18H2,1-4H3,(H,19,21). The number of nitrogens with zero attached hydrogens (tertiary/aromatic N) is 1. The third-order valence-corrected chi connectivity index (χ3v) is 3.73. The fourth-order valence-corrected chi connectivity index (χ4v) is 2.02. The lowest BCUT2D eigenvalue weighted by atomic mass is 10.0. The predicted molar refractivity (Wildman–Crippen MR) is 89.6 cm³/mol. The number of anilines is 1. The summed E-state index contributed by atoms with van der Waals surface area (Å²) in [5.41, 5.74) is 7.73. The van der Waals surface area contributed by atoms with Gasteiger partial charge >= 0.3 is 0 Å². The minimum atomic E-state index is -0.163. The average molecular weight is 291 g/mol. The zero-order chi connectivity index (χ0) is 15.9. The number of benzene rings is 1. The first-order chi connectivity index (χ1) is 9.88. The zero-order valence-electron chi connectivity index (χ0n) is 13.8. The van der Waals surface area contributed by atoms with Crippen LogP contribution in [0.15, 0.2) is 24.3 Å². The van der Waals surface area contributed by atoms with E-state index in [1.54, 1.807) is 0 Å². The fraction of sp³-hybridized carbons (Fsp3) is 0.588. The Labute approximate surface area is 128 Å². The summed E-state index contributed by atoms with van der Waals surface area (Å²) >= 11 is 0. The average Bonchev–Trinajstić information content (AvgIpc) is 2.44. The molecule has 0 atom stereocenters. The van der Waals surface area contributed by atoms with Gasteiger partial charge in [0.2, 0.25) is 5.91 Å². The van der Waals surface area contributed by atoms with E-state index in [0.29, 0.717) is 13.1 Å². The largest absolute Gasteiger partial charge is 0.362 e. The van der Waals surface area contributed by atoms with Crippen molar-refractivity contribution >= 4 is 11.6 Å². The number of amides is 1. The van der Waals surface area contributed by atoms with E-state index in [2.05, 4.69) is 48.3 Å². The van der Waals surface area contributed by atoms with Gasteiger partial charge in [-0.25, -0.2) is 0 Å². The summed E-state index contributed by atoms with van der Waals surface area (Å²) in [6.45, 7) is 10.0. The molecule has 0 fully saturated rings. The van der Waals surface area contributed by atoms with Crippen LogP contribution in [0.5, 0.6) is 0 Å². The van der Waals surface area contributed by atoms with Gasteiger partial charge in [-0.1, -0.05) is 24.6 Å². The molecule has 1 aromatic carbocycles. The van der Waals surface area contributed by atoms with Crippen molar-refractivity contribution < 1.29 is 4.79 Å². The Kier molecular flexibility index (Phi) is 6.69. The number of nitrogens with two attached hydrogens (primary N) is 1. The minimum Gasteiger partial charge on any atom is -0.362 e. The lowest BCUT2D eigenvalue weighted by Gasteiger charge is -2.29. The van der Waals surface area contributed by atoms with Crippen LogP contribution in [-0.2, 0) is 4.79 Å². The number of hydrogen-bond donors (Lipinski definition) is 2. The molecule has 118 valence electrons.